The molecule has 0 fully saturated rings. The number of hydrogen-bond donors (Lipinski definition) is 0. The molecule has 2 atom stereocenters. The predicted molar refractivity (Wildman–Crippen MR) is 106 cm³/mol. The second kappa shape index (κ2) is 7.68. The second-order valence-electron chi connectivity index (χ2n) is 6.64. The van der Waals surface area contributed by atoms with E-state index in [4.69, 9.17) is 16.3 Å². The van der Waals surface area contributed by atoms with E-state index >= 15 is 0 Å². The molecule has 7 heteroatoms. The molecule has 27 heavy (non-hydrogen) atoms. The van der Waals surface area contributed by atoms with Crippen molar-refractivity contribution in [1.82, 2.24) is 0 Å². The number of thioether (sulfide) groups is 1. The Bertz CT molecular complexity index is 886. The highest BCUT2D eigenvalue weighted by atomic mass is 35.5. The molecule has 1 aliphatic heterocycles. The molecule has 0 radical (unpaired) electrons. The number of fused-ring (bicyclic) bond motifs is 1. The van der Waals surface area contributed by atoms with Crippen LogP contribution in [0.5, 0.6) is 5.75 Å². The molecule has 1 heterocycles. The minimum Gasteiger partial charge on any atom is -0.487 e. The van der Waals surface area contributed by atoms with Crippen molar-refractivity contribution in [3.8, 4) is 5.75 Å². The molecule has 0 bridgehead atoms. The average molecular weight is 412 g/mol. The van der Waals surface area contributed by atoms with E-state index in [1.807, 2.05) is 27.0 Å². The van der Waals surface area contributed by atoms with Crippen LogP contribution in [0.1, 0.15) is 23.6 Å². The van der Waals surface area contributed by atoms with Crippen molar-refractivity contribution < 1.29 is 18.3 Å². The molecule has 0 spiro atoms. The number of halogens is 3. The van der Waals surface area contributed by atoms with Crippen molar-refractivity contribution in [1.29, 1.82) is 0 Å². The predicted octanol–water partition coefficient (Wildman–Crippen LogP) is 5.28. The Balaban J connectivity index is 2.16. The number of amides is 1. The van der Waals surface area contributed by atoms with Crippen LogP contribution in [-0.2, 0) is 11.3 Å². The van der Waals surface area contributed by atoms with E-state index in [-0.39, 0.29) is 18.6 Å². The third-order valence-corrected chi connectivity index (χ3v) is 6.29. The number of carbonyl (C=O) groups excluding carboxylic acids is 1. The number of ether oxygens (including phenoxy) is 1. The largest absolute Gasteiger partial charge is 0.487 e. The summed E-state index contributed by atoms with van der Waals surface area (Å²) in [7, 11) is 0. The molecule has 1 aliphatic rings. The molecule has 144 valence electrons. The maximum atomic E-state index is 13.6. The molecule has 0 aliphatic carbocycles. The summed E-state index contributed by atoms with van der Waals surface area (Å²) in [4.78, 5) is 14.7. The third kappa shape index (κ3) is 3.78. The summed E-state index contributed by atoms with van der Waals surface area (Å²) in [6.45, 7) is 5.64. The van der Waals surface area contributed by atoms with Crippen LogP contribution in [0.2, 0.25) is 5.02 Å². The van der Waals surface area contributed by atoms with Crippen LogP contribution in [0.3, 0.4) is 0 Å². The molecule has 0 aromatic heterocycles. The second-order valence-corrected chi connectivity index (χ2v) is 8.02. The lowest BCUT2D eigenvalue weighted by Crippen LogP contribution is -2.41. The maximum absolute atomic E-state index is 13.6. The van der Waals surface area contributed by atoms with Gasteiger partial charge in [-0.05, 0) is 61.9 Å². The van der Waals surface area contributed by atoms with Crippen LogP contribution in [0.25, 0.3) is 0 Å². The first-order valence-corrected chi connectivity index (χ1v) is 10.1. The number of nitrogens with zero attached hydrogens (tertiary/aromatic N) is 1. The fourth-order valence-corrected chi connectivity index (χ4v) is 4.26. The van der Waals surface area contributed by atoms with Gasteiger partial charge in [0.15, 0.2) is 0 Å². The Morgan fingerprint density at radius 3 is 2.37 bits per heavy atom. The van der Waals surface area contributed by atoms with Gasteiger partial charge in [-0.1, -0.05) is 11.6 Å². The Hall–Kier alpha value is -1.79. The maximum Gasteiger partial charge on any atom is 0.244 e. The lowest BCUT2D eigenvalue weighted by Gasteiger charge is -2.25. The number of benzene rings is 2. The lowest BCUT2D eigenvalue weighted by atomic mass is 10.1. The summed E-state index contributed by atoms with van der Waals surface area (Å²) >= 11 is 7.74. The lowest BCUT2D eigenvalue weighted by molar-refractivity contribution is -0.119. The Kier molecular flexibility index (Phi) is 5.68. The monoisotopic (exact) mass is 411 g/mol. The van der Waals surface area contributed by atoms with Crippen molar-refractivity contribution >= 4 is 35.0 Å². The van der Waals surface area contributed by atoms with Crippen molar-refractivity contribution in [2.45, 2.75) is 38.7 Å². The van der Waals surface area contributed by atoms with Crippen LogP contribution in [0.4, 0.5) is 14.5 Å². The Morgan fingerprint density at radius 2 is 1.78 bits per heavy atom. The summed E-state index contributed by atoms with van der Waals surface area (Å²) in [6.07, 6.45) is 1.48. The van der Waals surface area contributed by atoms with Crippen LogP contribution < -0.4 is 9.64 Å². The number of anilines is 1. The fraction of sp³-hybridized carbons (Fsp3) is 0.350. The van der Waals surface area contributed by atoms with Crippen LogP contribution in [0.15, 0.2) is 24.3 Å². The van der Waals surface area contributed by atoms with Gasteiger partial charge in [0.1, 0.15) is 28.7 Å². The number of rotatable bonds is 3. The van der Waals surface area contributed by atoms with Gasteiger partial charge in [-0.25, -0.2) is 8.78 Å². The highest BCUT2D eigenvalue weighted by Crippen LogP contribution is 2.42. The molecule has 3 rings (SSSR count). The van der Waals surface area contributed by atoms with E-state index in [2.05, 4.69) is 0 Å². The summed E-state index contributed by atoms with van der Waals surface area (Å²) in [5, 5.41) is 0.0580. The summed E-state index contributed by atoms with van der Waals surface area (Å²) in [5.41, 5.74) is 2.58. The van der Waals surface area contributed by atoms with Crippen molar-refractivity contribution in [2.75, 3.05) is 11.2 Å². The molecule has 2 aromatic carbocycles. The highest BCUT2D eigenvalue weighted by Gasteiger charge is 2.37. The van der Waals surface area contributed by atoms with Gasteiger partial charge in [-0.15, -0.1) is 11.8 Å². The zero-order valence-electron chi connectivity index (χ0n) is 15.5. The molecule has 0 saturated carbocycles. The Labute approximate surface area is 166 Å². The quantitative estimate of drug-likeness (QED) is 0.688. The normalized spacial score (nSPS) is 19.5. The van der Waals surface area contributed by atoms with Crippen LogP contribution in [-0.4, -0.2) is 23.5 Å². The highest BCUT2D eigenvalue weighted by molar-refractivity contribution is 8.00. The molecule has 2 aromatic rings. The smallest absolute Gasteiger partial charge is 0.244 e. The first-order chi connectivity index (χ1) is 12.7. The summed E-state index contributed by atoms with van der Waals surface area (Å²) < 4.78 is 33.4. The van der Waals surface area contributed by atoms with Gasteiger partial charge in [0, 0.05) is 11.1 Å². The van der Waals surface area contributed by atoms with Gasteiger partial charge in [0.05, 0.1) is 12.2 Å². The number of carbonyl (C=O) groups is 1. The van der Waals surface area contributed by atoms with E-state index in [0.717, 1.165) is 17.2 Å². The molecule has 1 amide bonds. The van der Waals surface area contributed by atoms with Gasteiger partial charge < -0.3 is 9.64 Å². The van der Waals surface area contributed by atoms with E-state index in [0.29, 0.717) is 22.0 Å². The Morgan fingerprint density at radius 1 is 1.15 bits per heavy atom. The molecule has 0 N–H and O–H groups in total. The van der Waals surface area contributed by atoms with Gasteiger partial charge in [0.2, 0.25) is 5.91 Å². The van der Waals surface area contributed by atoms with Crippen molar-refractivity contribution in [3.63, 3.8) is 0 Å². The summed E-state index contributed by atoms with van der Waals surface area (Å²) in [5.74, 6) is -0.975. The molecular weight excluding hydrogens is 392 g/mol. The van der Waals surface area contributed by atoms with Crippen LogP contribution >= 0.6 is 23.4 Å². The average Bonchev–Trinajstić information content (AvgIpc) is 2.68. The van der Waals surface area contributed by atoms with E-state index in [9.17, 15) is 13.6 Å². The topological polar surface area (TPSA) is 29.5 Å². The minimum absolute atomic E-state index is 0.0203. The van der Waals surface area contributed by atoms with E-state index < -0.39 is 16.9 Å². The van der Waals surface area contributed by atoms with E-state index in [1.165, 1.54) is 28.8 Å². The van der Waals surface area contributed by atoms with E-state index in [1.54, 1.807) is 6.07 Å². The number of hydrogen-bond acceptors (Lipinski definition) is 3. The third-order valence-electron chi connectivity index (χ3n) is 4.80. The van der Waals surface area contributed by atoms with Gasteiger partial charge in [0.25, 0.3) is 0 Å². The SMILES string of the molecule is CSC1C(=O)N(Cc2cc(F)cc(F)c2)c2cc(Cl)c(C)c(C)c2OC1C. The van der Waals surface area contributed by atoms with Gasteiger partial charge in [-0.2, -0.15) is 0 Å². The van der Waals surface area contributed by atoms with Crippen molar-refractivity contribution in [3.05, 3.63) is 57.6 Å². The van der Waals surface area contributed by atoms with Crippen molar-refractivity contribution in [2.24, 2.45) is 0 Å². The molecular formula is C20H20ClF2NO2S. The first-order valence-electron chi connectivity index (χ1n) is 8.48. The molecule has 2 unspecified atom stereocenters. The first kappa shape index (κ1) is 20.0. The van der Waals surface area contributed by atoms with Gasteiger partial charge in [-0.3, -0.25) is 4.79 Å². The zero-order valence-corrected chi connectivity index (χ0v) is 17.0. The zero-order chi connectivity index (χ0) is 19.9. The molecule has 3 nitrogen and oxygen atoms in total. The standard InChI is InChI=1S/C20H20ClF2NO2S/c1-10-11(2)18-17(8-16(10)21)24(20(25)19(27-4)12(3)26-18)9-13-5-14(22)7-15(23)6-13/h5-8,12,19H,9H2,1-4H3. The van der Waals surface area contributed by atoms with Gasteiger partial charge >= 0.3 is 0 Å². The summed E-state index contributed by atoms with van der Waals surface area (Å²) in [6, 6.07) is 4.94. The fourth-order valence-electron chi connectivity index (χ4n) is 3.25. The minimum atomic E-state index is -0.684. The molecule has 0 saturated heterocycles. The van der Waals surface area contributed by atoms with Crippen LogP contribution in [0, 0.1) is 25.5 Å².